The van der Waals surface area contributed by atoms with E-state index in [0.717, 1.165) is 0 Å². The summed E-state index contributed by atoms with van der Waals surface area (Å²) in [6, 6.07) is 0. The minimum atomic E-state index is -0.286. The second kappa shape index (κ2) is 2.06. The van der Waals surface area contributed by atoms with Crippen LogP contribution in [-0.4, -0.2) is 15.2 Å². The van der Waals surface area contributed by atoms with Crippen LogP contribution in [-0.2, 0) is 0 Å². The zero-order chi connectivity index (χ0) is 7.84. The second-order valence-corrected chi connectivity index (χ2v) is 2.38. The number of imidazole rings is 1. The van der Waals surface area contributed by atoms with Crippen LogP contribution in [0.5, 0.6) is 0 Å². The SMILES string of the molecule is O=c1[nH]nc(Cl)c2[nH+]c[nH]c12. The molecule has 0 fully saturated rings. The standard InChI is InChI=1S/C5H3ClN4O/c6-4-2-3(8-1-7-2)5(11)10-9-4/h1H,(H,7,8)(H,10,11)/p+1. The summed E-state index contributed by atoms with van der Waals surface area (Å²) in [6.45, 7) is 0. The highest BCUT2D eigenvalue weighted by Gasteiger charge is 2.10. The van der Waals surface area contributed by atoms with E-state index >= 15 is 0 Å². The van der Waals surface area contributed by atoms with E-state index in [1.54, 1.807) is 0 Å². The van der Waals surface area contributed by atoms with Crippen LogP contribution < -0.4 is 10.5 Å². The quantitative estimate of drug-likeness (QED) is 0.572. The van der Waals surface area contributed by atoms with Gasteiger partial charge in [-0.1, -0.05) is 11.6 Å². The van der Waals surface area contributed by atoms with Crippen molar-refractivity contribution >= 4 is 22.6 Å². The Morgan fingerprint density at radius 1 is 1.64 bits per heavy atom. The molecule has 56 valence electrons. The molecule has 5 nitrogen and oxygen atoms in total. The van der Waals surface area contributed by atoms with Gasteiger partial charge in [-0.25, -0.2) is 15.1 Å². The normalized spacial score (nSPS) is 10.6. The topological polar surface area (TPSA) is 75.7 Å². The first-order chi connectivity index (χ1) is 5.29. The molecule has 2 heterocycles. The van der Waals surface area contributed by atoms with Gasteiger partial charge in [-0.05, 0) is 0 Å². The molecule has 0 atom stereocenters. The Morgan fingerprint density at radius 3 is 3.18 bits per heavy atom. The van der Waals surface area contributed by atoms with Crippen LogP contribution >= 0.6 is 11.6 Å². The number of aromatic amines is 3. The first-order valence-electron chi connectivity index (χ1n) is 2.92. The molecule has 0 aromatic carbocycles. The zero-order valence-electron chi connectivity index (χ0n) is 5.31. The highest BCUT2D eigenvalue weighted by atomic mass is 35.5. The molecule has 11 heavy (non-hydrogen) atoms. The average Bonchev–Trinajstić information content (AvgIpc) is 2.45. The van der Waals surface area contributed by atoms with E-state index in [9.17, 15) is 4.79 Å². The second-order valence-electron chi connectivity index (χ2n) is 2.03. The number of fused-ring (bicyclic) bond motifs is 1. The van der Waals surface area contributed by atoms with Crippen molar-refractivity contribution < 1.29 is 4.98 Å². The van der Waals surface area contributed by atoms with Crippen molar-refractivity contribution in [1.29, 1.82) is 0 Å². The maximum atomic E-state index is 11.0. The van der Waals surface area contributed by atoms with Gasteiger partial charge in [0.15, 0.2) is 0 Å². The summed E-state index contributed by atoms with van der Waals surface area (Å²) in [5, 5.41) is 6.05. The van der Waals surface area contributed by atoms with E-state index in [0.29, 0.717) is 11.0 Å². The summed E-state index contributed by atoms with van der Waals surface area (Å²) >= 11 is 5.64. The van der Waals surface area contributed by atoms with Gasteiger partial charge >= 0.3 is 5.56 Å². The summed E-state index contributed by atoms with van der Waals surface area (Å²) in [5.41, 5.74) is 0.645. The van der Waals surface area contributed by atoms with Crippen molar-refractivity contribution in [3.05, 3.63) is 21.8 Å². The third kappa shape index (κ3) is 0.813. The summed E-state index contributed by atoms with van der Waals surface area (Å²) in [4.78, 5) is 16.4. The molecular weight excluding hydrogens is 168 g/mol. The van der Waals surface area contributed by atoms with Gasteiger partial charge in [0.05, 0.1) is 0 Å². The van der Waals surface area contributed by atoms with Gasteiger partial charge in [-0.3, -0.25) is 4.79 Å². The molecule has 3 N–H and O–H groups in total. The molecule has 0 radical (unpaired) electrons. The average molecular weight is 172 g/mol. The van der Waals surface area contributed by atoms with Gasteiger partial charge in [0.25, 0.3) is 0 Å². The molecule has 0 aliphatic rings. The lowest BCUT2D eigenvalue weighted by Crippen LogP contribution is -2.10. The van der Waals surface area contributed by atoms with Crippen LogP contribution in [0.4, 0.5) is 0 Å². The maximum absolute atomic E-state index is 11.0. The number of H-pyrrole nitrogens is 3. The Morgan fingerprint density at radius 2 is 2.45 bits per heavy atom. The third-order valence-electron chi connectivity index (χ3n) is 1.37. The van der Waals surface area contributed by atoms with E-state index < -0.39 is 0 Å². The number of aromatic nitrogens is 4. The van der Waals surface area contributed by atoms with Crippen molar-refractivity contribution in [2.24, 2.45) is 0 Å². The van der Waals surface area contributed by atoms with Gasteiger partial charge in [0, 0.05) is 0 Å². The predicted molar refractivity (Wildman–Crippen MR) is 38.3 cm³/mol. The van der Waals surface area contributed by atoms with Crippen LogP contribution in [0.15, 0.2) is 11.1 Å². The Kier molecular flexibility index (Phi) is 1.19. The van der Waals surface area contributed by atoms with Crippen LogP contribution in [0.2, 0.25) is 5.15 Å². The molecule has 0 saturated heterocycles. The van der Waals surface area contributed by atoms with E-state index in [2.05, 4.69) is 20.2 Å². The maximum Gasteiger partial charge on any atom is 0.315 e. The number of rotatable bonds is 0. The van der Waals surface area contributed by atoms with Gasteiger partial charge in [-0.2, -0.15) is 5.10 Å². The van der Waals surface area contributed by atoms with Gasteiger partial charge in [0.1, 0.15) is 0 Å². The monoisotopic (exact) mass is 171 g/mol. The smallest absolute Gasteiger partial charge is 0.263 e. The number of hydrogen-bond donors (Lipinski definition) is 2. The fourth-order valence-corrected chi connectivity index (χ4v) is 1.07. The number of hydrogen-bond acceptors (Lipinski definition) is 2. The van der Waals surface area contributed by atoms with Crippen molar-refractivity contribution in [2.45, 2.75) is 0 Å². The molecule has 6 heteroatoms. The van der Waals surface area contributed by atoms with Crippen LogP contribution in [0, 0.1) is 0 Å². The number of nitrogens with one attached hydrogen (secondary N) is 3. The van der Waals surface area contributed by atoms with Crippen LogP contribution in [0.3, 0.4) is 0 Å². The summed E-state index contributed by atoms with van der Waals surface area (Å²) in [5.74, 6) is 0. The first-order valence-corrected chi connectivity index (χ1v) is 3.30. The molecule has 0 saturated carbocycles. The lowest BCUT2D eigenvalue weighted by Gasteiger charge is -1.83. The Bertz CT molecular complexity index is 445. The Labute approximate surface area is 65.4 Å². The zero-order valence-corrected chi connectivity index (χ0v) is 6.07. The summed E-state index contributed by atoms with van der Waals surface area (Å²) < 4.78 is 0. The molecule has 2 aromatic rings. The van der Waals surface area contributed by atoms with Crippen LogP contribution in [0.1, 0.15) is 0 Å². The first kappa shape index (κ1) is 6.36. The Balaban J connectivity index is 3.08. The van der Waals surface area contributed by atoms with Crippen LogP contribution in [0.25, 0.3) is 11.0 Å². The molecule has 0 aliphatic heterocycles. The molecule has 2 rings (SSSR count). The molecule has 0 unspecified atom stereocenters. The van der Waals surface area contributed by atoms with E-state index in [4.69, 9.17) is 11.6 Å². The lowest BCUT2D eigenvalue weighted by atomic mass is 10.5. The van der Waals surface area contributed by atoms with Gasteiger partial charge in [-0.15, -0.1) is 0 Å². The summed E-state index contributed by atoms with van der Waals surface area (Å²) in [6.07, 6.45) is 1.52. The third-order valence-corrected chi connectivity index (χ3v) is 1.65. The largest absolute Gasteiger partial charge is 0.315 e. The predicted octanol–water partition coefficient (Wildman–Crippen LogP) is -0.281. The highest BCUT2D eigenvalue weighted by molar-refractivity contribution is 6.33. The van der Waals surface area contributed by atoms with Crippen molar-refractivity contribution in [2.75, 3.05) is 0 Å². The van der Waals surface area contributed by atoms with Crippen molar-refractivity contribution in [3.63, 3.8) is 0 Å². The molecule has 0 bridgehead atoms. The number of halogens is 1. The van der Waals surface area contributed by atoms with Gasteiger partial charge in [0.2, 0.25) is 22.5 Å². The minimum Gasteiger partial charge on any atom is -0.263 e. The minimum absolute atomic E-state index is 0.251. The van der Waals surface area contributed by atoms with Gasteiger partial charge < -0.3 is 0 Å². The molecule has 0 amide bonds. The fourth-order valence-electron chi connectivity index (χ4n) is 0.878. The van der Waals surface area contributed by atoms with E-state index in [1.807, 2.05) is 0 Å². The lowest BCUT2D eigenvalue weighted by molar-refractivity contribution is -0.344. The van der Waals surface area contributed by atoms with E-state index in [1.165, 1.54) is 6.33 Å². The number of nitrogens with zero attached hydrogens (tertiary/aromatic N) is 1. The molecule has 0 aliphatic carbocycles. The molecule has 2 aromatic heterocycles. The van der Waals surface area contributed by atoms with E-state index in [-0.39, 0.29) is 10.7 Å². The molecular formula is C5H4ClN4O+. The Hall–Kier alpha value is -1.36. The highest BCUT2D eigenvalue weighted by Crippen LogP contribution is 2.08. The van der Waals surface area contributed by atoms with Crippen molar-refractivity contribution in [3.8, 4) is 0 Å². The fraction of sp³-hybridized carbons (Fsp3) is 0. The molecule has 0 spiro atoms. The summed E-state index contributed by atoms with van der Waals surface area (Å²) in [7, 11) is 0. The van der Waals surface area contributed by atoms with Crippen molar-refractivity contribution in [1.82, 2.24) is 15.2 Å².